The second-order valence-electron chi connectivity index (χ2n) is 12.6. The maximum absolute atomic E-state index is 12.9. The lowest BCUT2D eigenvalue weighted by Crippen LogP contribution is -2.39. The summed E-state index contributed by atoms with van der Waals surface area (Å²) in [6, 6.07) is 10.5. The highest BCUT2D eigenvalue weighted by atomic mass is 32.1. The van der Waals surface area contributed by atoms with Crippen molar-refractivity contribution in [1.29, 1.82) is 5.26 Å². The van der Waals surface area contributed by atoms with Crippen molar-refractivity contribution in [2.24, 2.45) is 11.8 Å². The number of anilines is 1. The van der Waals surface area contributed by atoms with Gasteiger partial charge in [0.25, 0.3) is 0 Å². The molecule has 1 aliphatic carbocycles. The smallest absolute Gasteiger partial charge is 0.367 e. The van der Waals surface area contributed by atoms with Crippen LogP contribution < -0.4 is 5.32 Å². The Morgan fingerprint density at radius 2 is 1.93 bits per heavy atom. The molecule has 11 heteroatoms. The first kappa shape index (κ1) is 31.2. The van der Waals surface area contributed by atoms with Crippen molar-refractivity contribution < 1.29 is 18.0 Å². The number of rotatable bonds is 10. The Morgan fingerprint density at radius 1 is 1.16 bits per heavy atom. The minimum absolute atomic E-state index is 0.111. The van der Waals surface area contributed by atoms with Crippen molar-refractivity contribution in [1.82, 2.24) is 19.4 Å². The van der Waals surface area contributed by atoms with E-state index in [9.17, 15) is 23.2 Å². The number of halogens is 3. The molecule has 7 nitrogen and oxygen atoms in total. The highest BCUT2D eigenvalue weighted by Gasteiger charge is 2.30. The SMILES string of the molecule is C=CC(=O)CC1CCC(Cn2c(C#N)cc3c(C)c(CN4CCC(Nc5ncnc6sc(CC(F)(F)F)cc56)CC4)ccc32)C1. The van der Waals surface area contributed by atoms with Gasteiger partial charge in [0.2, 0.25) is 0 Å². The highest BCUT2D eigenvalue weighted by Crippen LogP contribution is 2.37. The number of allylic oxidation sites excluding steroid dienone is 1. The van der Waals surface area contributed by atoms with Gasteiger partial charge in [0.1, 0.15) is 28.7 Å². The van der Waals surface area contributed by atoms with Crippen LogP contribution in [-0.4, -0.2) is 50.5 Å². The van der Waals surface area contributed by atoms with Crippen LogP contribution in [0.1, 0.15) is 60.2 Å². The molecule has 2 unspecified atom stereocenters. The summed E-state index contributed by atoms with van der Waals surface area (Å²) in [5.74, 6) is 1.56. The van der Waals surface area contributed by atoms with Gasteiger partial charge in [0.15, 0.2) is 5.78 Å². The average Bonchev–Trinajstić information content (AvgIpc) is 3.72. The van der Waals surface area contributed by atoms with E-state index in [0.29, 0.717) is 40.0 Å². The van der Waals surface area contributed by atoms with Crippen LogP contribution in [-0.2, 0) is 24.3 Å². The number of carbonyl (C=O) groups excluding carboxylic acids is 1. The standard InChI is InChI=1S/C34H37F3N6OS/c1-3-27(44)13-22-4-5-23(12-22)18-43-26(17-38)14-29-21(2)24(6-7-31(29)43)19-42-10-8-25(9-11-42)41-32-30-15-28(16-34(35,36)37)45-33(30)40-20-39-32/h3,6-7,14-15,20,22-23,25H,1,4-5,8-13,16,18-19H2,2H3,(H,39,40,41). The fraction of sp³-hybridized carbons (Fsp3) is 0.471. The van der Waals surface area contributed by atoms with Gasteiger partial charge in [-0.25, -0.2) is 9.97 Å². The first-order valence-electron chi connectivity index (χ1n) is 15.6. The Kier molecular flexibility index (Phi) is 8.98. The molecule has 1 aliphatic heterocycles. The first-order chi connectivity index (χ1) is 21.6. The number of hydrogen-bond donors (Lipinski definition) is 1. The fourth-order valence-corrected chi connectivity index (χ4v) is 8.14. The lowest BCUT2D eigenvalue weighted by Gasteiger charge is -2.33. The molecule has 4 aromatic rings. The molecular formula is C34H37F3N6OS. The predicted octanol–water partition coefficient (Wildman–Crippen LogP) is 7.57. The van der Waals surface area contributed by atoms with Gasteiger partial charge in [0.05, 0.1) is 11.8 Å². The Balaban J connectivity index is 1.08. The van der Waals surface area contributed by atoms with Crippen molar-refractivity contribution in [2.75, 3.05) is 18.4 Å². The van der Waals surface area contributed by atoms with E-state index in [1.54, 1.807) is 6.07 Å². The molecule has 0 radical (unpaired) electrons. The van der Waals surface area contributed by atoms with Crippen molar-refractivity contribution in [2.45, 2.75) is 77.2 Å². The molecule has 0 bridgehead atoms. The van der Waals surface area contributed by atoms with E-state index in [2.05, 4.69) is 56.5 Å². The number of alkyl halides is 3. The van der Waals surface area contributed by atoms with Gasteiger partial charge in [-0.2, -0.15) is 18.4 Å². The van der Waals surface area contributed by atoms with Gasteiger partial charge in [-0.3, -0.25) is 9.69 Å². The Morgan fingerprint density at radius 3 is 2.67 bits per heavy atom. The van der Waals surface area contributed by atoms with Crippen LogP contribution in [0.4, 0.5) is 19.0 Å². The van der Waals surface area contributed by atoms with E-state index in [1.165, 1.54) is 23.5 Å². The summed E-state index contributed by atoms with van der Waals surface area (Å²) in [4.78, 5) is 23.6. The second-order valence-corrected chi connectivity index (χ2v) is 13.7. The Labute approximate surface area is 264 Å². The van der Waals surface area contributed by atoms with E-state index in [-0.39, 0.29) is 16.7 Å². The normalized spacial score (nSPS) is 19.7. The van der Waals surface area contributed by atoms with Crippen molar-refractivity contribution >= 4 is 44.1 Å². The van der Waals surface area contributed by atoms with Gasteiger partial charge in [0, 0.05) is 54.4 Å². The molecule has 1 N–H and O–H groups in total. The summed E-state index contributed by atoms with van der Waals surface area (Å²) in [5.41, 5.74) is 4.20. The molecule has 45 heavy (non-hydrogen) atoms. The number of hydrogen-bond acceptors (Lipinski definition) is 7. The van der Waals surface area contributed by atoms with Crippen LogP contribution in [0.2, 0.25) is 0 Å². The van der Waals surface area contributed by atoms with Crippen LogP contribution in [0.5, 0.6) is 0 Å². The molecular weight excluding hydrogens is 597 g/mol. The van der Waals surface area contributed by atoms with E-state index in [4.69, 9.17) is 0 Å². The van der Waals surface area contributed by atoms with E-state index in [0.717, 1.165) is 80.5 Å². The van der Waals surface area contributed by atoms with Gasteiger partial charge in [-0.15, -0.1) is 11.3 Å². The third kappa shape index (κ3) is 7.07. The zero-order valence-corrected chi connectivity index (χ0v) is 26.2. The van der Waals surface area contributed by atoms with E-state index < -0.39 is 12.6 Å². The number of nitriles is 1. The zero-order valence-electron chi connectivity index (χ0n) is 25.4. The predicted molar refractivity (Wildman–Crippen MR) is 171 cm³/mol. The van der Waals surface area contributed by atoms with Crippen LogP contribution in [0.3, 0.4) is 0 Å². The lowest BCUT2D eigenvalue weighted by atomic mass is 9.99. The molecule has 3 aromatic heterocycles. The van der Waals surface area contributed by atoms with Gasteiger partial charge in [-0.1, -0.05) is 12.6 Å². The second kappa shape index (κ2) is 12.9. The first-order valence-corrected chi connectivity index (χ1v) is 16.4. The molecule has 6 rings (SSSR count). The fourth-order valence-electron chi connectivity index (χ4n) is 7.11. The number of piperidine rings is 1. The summed E-state index contributed by atoms with van der Waals surface area (Å²) in [6.45, 7) is 9.11. The van der Waals surface area contributed by atoms with E-state index >= 15 is 0 Å². The number of nitrogens with zero attached hydrogens (tertiary/aromatic N) is 5. The number of carbonyl (C=O) groups is 1. The number of nitrogens with one attached hydrogen (secondary N) is 1. The number of thiophene rings is 1. The zero-order chi connectivity index (χ0) is 31.7. The number of fused-ring (bicyclic) bond motifs is 2. The molecule has 1 aromatic carbocycles. The molecule has 1 saturated heterocycles. The quantitative estimate of drug-likeness (QED) is 0.181. The largest absolute Gasteiger partial charge is 0.393 e. The molecule has 1 saturated carbocycles. The molecule has 4 heterocycles. The van der Waals surface area contributed by atoms with Crippen molar-refractivity contribution in [3.8, 4) is 6.07 Å². The molecule has 2 aliphatic rings. The minimum Gasteiger partial charge on any atom is -0.367 e. The number of benzene rings is 1. The van der Waals surface area contributed by atoms with E-state index in [1.807, 2.05) is 6.07 Å². The van der Waals surface area contributed by atoms with Crippen molar-refractivity contribution in [3.63, 3.8) is 0 Å². The van der Waals surface area contributed by atoms with Crippen LogP contribution in [0.25, 0.3) is 21.1 Å². The summed E-state index contributed by atoms with van der Waals surface area (Å²) < 4.78 is 40.9. The molecule has 2 fully saturated rings. The van der Waals surface area contributed by atoms with Crippen LogP contribution in [0, 0.1) is 30.1 Å². The Bertz CT molecular complexity index is 1760. The van der Waals surface area contributed by atoms with Crippen LogP contribution in [0.15, 0.2) is 43.2 Å². The highest BCUT2D eigenvalue weighted by molar-refractivity contribution is 7.18. The minimum atomic E-state index is -4.26. The molecule has 0 amide bonds. The third-order valence-electron chi connectivity index (χ3n) is 9.47. The van der Waals surface area contributed by atoms with Crippen LogP contribution >= 0.6 is 11.3 Å². The maximum Gasteiger partial charge on any atom is 0.393 e. The maximum atomic E-state index is 12.9. The Hall–Kier alpha value is -3.75. The number of aromatic nitrogens is 3. The summed E-state index contributed by atoms with van der Waals surface area (Å²) in [5, 5.41) is 15.2. The van der Waals surface area contributed by atoms with Gasteiger partial charge >= 0.3 is 6.18 Å². The summed E-state index contributed by atoms with van der Waals surface area (Å²) in [6.07, 6.45) is 3.08. The summed E-state index contributed by atoms with van der Waals surface area (Å²) in [7, 11) is 0. The van der Waals surface area contributed by atoms with Gasteiger partial charge < -0.3 is 9.88 Å². The summed E-state index contributed by atoms with van der Waals surface area (Å²) >= 11 is 1.07. The monoisotopic (exact) mass is 634 g/mol. The van der Waals surface area contributed by atoms with Crippen molar-refractivity contribution in [3.05, 3.63) is 64.9 Å². The molecule has 2 atom stereocenters. The topological polar surface area (TPSA) is 86.8 Å². The van der Waals surface area contributed by atoms with Gasteiger partial charge in [-0.05, 0) is 86.3 Å². The average molecular weight is 635 g/mol. The molecule has 0 spiro atoms. The third-order valence-corrected chi connectivity index (χ3v) is 10.5. The molecule has 236 valence electrons. The number of ketones is 1. The number of aryl methyl sites for hydroxylation is 1. The number of likely N-dealkylation sites (tertiary alicyclic amines) is 1. The lowest BCUT2D eigenvalue weighted by molar-refractivity contribution is -0.126.